The fraction of sp³-hybridized carbons (Fsp3) is 0.458. The Labute approximate surface area is 200 Å². The standard InChI is InChI=1S/C24H28F3N5O3/c1-12(14-7-6-8-16(18(14)25)24(26,27)22(3,4)34)28-20-15-9-17(32-10-23(5,35)11-32)21(33)29-19(15)13(2)30-31-20/h6-9,12,34-35H,10-11H2,1-5H3,(H,28,31)(H,29,33)/t12-/m1/s1. The van der Waals surface area contributed by atoms with Crippen molar-refractivity contribution in [3.63, 3.8) is 0 Å². The first kappa shape index (κ1) is 24.9. The van der Waals surface area contributed by atoms with Gasteiger partial charge in [0.2, 0.25) is 5.88 Å². The molecule has 3 aromatic rings. The summed E-state index contributed by atoms with van der Waals surface area (Å²) in [6.07, 6.45) is 0. The van der Waals surface area contributed by atoms with Crippen LogP contribution >= 0.6 is 0 Å². The normalized spacial score (nSPS) is 16.8. The maximum absolute atomic E-state index is 15.2. The van der Waals surface area contributed by atoms with Crippen molar-refractivity contribution < 1.29 is 28.5 Å². The summed E-state index contributed by atoms with van der Waals surface area (Å²) < 4.78 is 44.7. The van der Waals surface area contributed by atoms with E-state index in [0.717, 1.165) is 19.9 Å². The third kappa shape index (κ3) is 4.34. The minimum atomic E-state index is -3.82. The van der Waals surface area contributed by atoms with E-state index in [2.05, 4.69) is 20.5 Å². The number of pyridine rings is 1. The molecule has 4 N–H and O–H groups in total. The Morgan fingerprint density at radius 3 is 2.46 bits per heavy atom. The summed E-state index contributed by atoms with van der Waals surface area (Å²) in [5.41, 5.74) is -3.09. The zero-order chi connectivity index (χ0) is 25.9. The maximum Gasteiger partial charge on any atom is 0.303 e. The van der Waals surface area contributed by atoms with E-state index < -0.39 is 34.5 Å². The fourth-order valence-corrected chi connectivity index (χ4v) is 4.20. The second-order valence-electron chi connectivity index (χ2n) is 9.92. The smallest absolute Gasteiger partial charge is 0.303 e. The minimum absolute atomic E-state index is 0.0484. The zero-order valence-electron chi connectivity index (χ0n) is 20.1. The van der Waals surface area contributed by atoms with E-state index in [1.54, 1.807) is 31.7 Å². The first-order valence-electron chi connectivity index (χ1n) is 11.1. The van der Waals surface area contributed by atoms with Crippen molar-refractivity contribution in [3.05, 3.63) is 46.9 Å². The summed E-state index contributed by atoms with van der Waals surface area (Å²) in [5, 5.41) is 42.1. The van der Waals surface area contributed by atoms with Crippen LogP contribution in [0.25, 0.3) is 10.9 Å². The van der Waals surface area contributed by atoms with Crippen molar-refractivity contribution in [1.29, 1.82) is 0 Å². The molecule has 35 heavy (non-hydrogen) atoms. The van der Waals surface area contributed by atoms with Crippen LogP contribution in [0.4, 0.5) is 24.7 Å². The van der Waals surface area contributed by atoms with Gasteiger partial charge < -0.3 is 25.5 Å². The fourth-order valence-electron chi connectivity index (χ4n) is 4.20. The highest BCUT2D eigenvalue weighted by Crippen LogP contribution is 2.42. The maximum atomic E-state index is 15.2. The Balaban J connectivity index is 1.72. The van der Waals surface area contributed by atoms with Gasteiger partial charge in [-0.2, -0.15) is 13.9 Å². The van der Waals surface area contributed by atoms with Crippen molar-refractivity contribution in [2.45, 2.75) is 57.8 Å². The zero-order valence-corrected chi connectivity index (χ0v) is 20.1. The number of β-amino-alcohol motifs (C(OH)–C–C–N with tert-alkyl or cyclic N) is 1. The summed E-state index contributed by atoms with van der Waals surface area (Å²) >= 11 is 0. The molecule has 1 saturated heterocycles. The van der Waals surface area contributed by atoms with E-state index in [9.17, 15) is 24.1 Å². The molecule has 3 heterocycles. The third-order valence-electron chi connectivity index (χ3n) is 6.24. The van der Waals surface area contributed by atoms with Gasteiger partial charge in [0, 0.05) is 24.0 Å². The number of fused-ring (bicyclic) bond motifs is 1. The lowest BCUT2D eigenvalue weighted by Crippen LogP contribution is -2.60. The number of hydrogen-bond acceptors (Lipinski definition) is 8. The van der Waals surface area contributed by atoms with Crippen molar-refractivity contribution in [2.24, 2.45) is 0 Å². The highest BCUT2D eigenvalue weighted by Gasteiger charge is 2.49. The highest BCUT2D eigenvalue weighted by atomic mass is 19.3. The molecule has 0 bridgehead atoms. The van der Waals surface area contributed by atoms with E-state index in [0.29, 0.717) is 35.4 Å². The van der Waals surface area contributed by atoms with Crippen LogP contribution in [0.1, 0.15) is 50.6 Å². The molecule has 1 atom stereocenters. The lowest BCUT2D eigenvalue weighted by Gasteiger charge is -2.45. The van der Waals surface area contributed by atoms with Crippen LogP contribution in [-0.2, 0) is 5.92 Å². The van der Waals surface area contributed by atoms with Crippen LogP contribution in [0.5, 0.6) is 5.88 Å². The minimum Gasteiger partial charge on any atom is -0.492 e. The first-order chi connectivity index (χ1) is 16.1. The summed E-state index contributed by atoms with van der Waals surface area (Å²) in [7, 11) is 0. The number of aromatic hydroxyl groups is 1. The molecule has 1 fully saturated rings. The van der Waals surface area contributed by atoms with Crippen molar-refractivity contribution in [1.82, 2.24) is 15.2 Å². The number of halogens is 3. The van der Waals surface area contributed by atoms with E-state index in [-0.39, 0.29) is 17.3 Å². The Morgan fingerprint density at radius 2 is 1.86 bits per heavy atom. The van der Waals surface area contributed by atoms with Crippen molar-refractivity contribution in [3.8, 4) is 5.88 Å². The van der Waals surface area contributed by atoms with Crippen molar-refractivity contribution in [2.75, 3.05) is 23.3 Å². The van der Waals surface area contributed by atoms with Gasteiger partial charge in [-0.15, -0.1) is 5.10 Å². The molecule has 0 spiro atoms. The topological polar surface area (TPSA) is 115 Å². The highest BCUT2D eigenvalue weighted by molar-refractivity contribution is 5.93. The van der Waals surface area contributed by atoms with Gasteiger partial charge in [0.05, 0.1) is 22.9 Å². The Kier molecular flexibility index (Phi) is 5.84. The predicted octanol–water partition coefficient (Wildman–Crippen LogP) is 3.78. The molecular formula is C24H28F3N5O3. The summed E-state index contributed by atoms with van der Waals surface area (Å²) in [6.45, 7) is 7.39. The first-order valence-corrected chi connectivity index (χ1v) is 11.1. The second kappa shape index (κ2) is 8.20. The van der Waals surface area contributed by atoms with Crippen LogP contribution in [0.3, 0.4) is 0 Å². The van der Waals surface area contributed by atoms with E-state index in [1.807, 2.05) is 0 Å². The Bertz CT molecular complexity index is 1290. The summed E-state index contributed by atoms with van der Waals surface area (Å²) in [4.78, 5) is 6.00. The average Bonchev–Trinajstić information content (AvgIpc) is 2.73. The van der Waals surface area contributed by atoms with Crippen molar-refractivity contribution >= 4 is 22.4 Å². The van der Waals surface area contributed by atoms with E-state index >= 15 is 4.39 Å². The quantitative estimate of drug-likeness (QED) is 0.412. The van der Waals surface area contributed by atoms with Crippen LogP contribution in [0, 0.1) is 12.7 Å². The second-order valence-corrected chi connectivity index (χ2v) is 9.92. The predicted molar refractivity (Wildman–Crippen MR) is 125 cm³/mol. The number of aromatic nitrogens is 3. The van der Waals surface area contributed by atoms with Gasteiger partial charge in [-0.1, -0.05) is 12.1 Å². The molecule has 188 valence electrons. The molecule has 0 aliphatic carbocycles. The van der Waals surface area contributed by atoms with Crippen LogP contribution in [0.15, 0.2) is 24.3 Å². The molecular weight excluding hydrogens is 463 g/mol. The lowest BCUT2D eigenvalue weighted by atomic mass is 9.91. The average molecular weight is 492 g/mol. The number of rotatable bonds is 6. The molecule has 8 nitrogen and oxygen atoms in total. The van der Waals surface area contributed by atoms with Crippen LogP contribution in [0.2, 0.25) is 0 Å². The lowest BCUT2D eigenvalue weighted by molar-refractivity contribution is -0.170. The molecule has 0 radical (unpaired) electrons. The molecule has 11 heteroatoms. The molecule has 0 saturated carbocycles. The van der Waals surface area contributed by atoms with Gasteiger partial charge in [0.1, 0.15) is 22.6 Å². The molecule has 0 unspecified atom stereocenters. The molecule has 2 aromatic heterocycles. The summed E-state index contributed by atoms with van der Waals surface area (Å²) in [6, 6.07) is 4.47. The number of anilines is 2. The number of alkyl halides is 2. The summed E-state index contributed by atoms with van der Waals surface area (Å²) in [5.74, 6) is -4.96. The third-order valence-corrected chi connectivity index (χ3v) is 6.24. The van der Waals surface area contributed by atoms with Crippen LogP contribution < -0.4 is 10.2 Å². The number of aryl methyl sites for hydroxylation is 1. The number of nitrogens with one attached hydrogen (secondary N) is 1. The molecule has 1 aromatic carbocycles. The number of nitrogens with zero attached hydrogens (tertiary/aromatic N) is 4. The van der Waals surface area contributed by atoms with Gasteiger partial charge in [-0.3, -0.25) is 0 Å². The van der Waals surface area contributed by atoms with Gasteiger partial charge in [0.25, 0.3) is 0 Å². The van der Waals surface area contributed by atoms with Gasteiger partial charge in [0.15, 0.2) is 5.82 Å². The van der Waals surface area contributed by atoms with Crippen LogP contribution in [-0.4, -0.2) is 54.8 Å². The van der Waals surface area contributed by atoms with E-state index in [1.165, 1.54) is 12.1 Å². The Hall–Kier alpha value is -3.18. The van der Waals surface area contributed by atoms with Gasteiger partial charge in [-0.25, -0.2) is 9.37 Å². The number of aliphatic hydroxyl groups is 2. The Morgan fingerprint density at radius 1 is 1.20 bits per heavy atom. The monoisotopic (exact) mass is 491 g/mol. The molecule has 1 aliphatic heterocycles. The van der Waals surface area contributed by atoms with E-state index in [4.69, 9.17) is 0 Å². The molecule has 1 aliphatic rings. The van der Waals surface area contributed by atoms with Gasteiger partial charge >= 0.3 is 5.92 Å². The number of hydrogen-bond donors (Lipinski definition) is 4. The molecule has 4 rings (SSSR count). The molecule has 0 amide bonds. The SMILES string of the molecule is Cc1nnc(N[C@H](C)c2cccc(C(F)(F)C(C)(C)O)c2F)c2cc(N3CC(C)(O)C3)c(O)nc12. The van der Waals surface area contributed by atoms with Gasteiger partial charge in [-0.05, 0) is 46.8 Å². The largest absolute Gasteiger partial charge is 0.492 e. The number of benzene rings is 1.